The summed E-state index contributed by atoms with van der Waals surface area (Å²) in [6.45, 7) is 0.948. The average molecular weight is 261 g/mol. The van der Waals surface area contributed by atoms with E-state index in [0.717, 1.165) is 18.2 Å². The molecular weight excluding hydrogens is 238 g/mol. The Morgan fingerprint density at radius 1 is 1.37 bits per heavy atom. The second-order valence-electron chi connectivity index (χ2n) is 5.53. The fraction of sp³-hybridized carbons (Fsp3) is 0.533. The van der Waals surface area contributed by atoms with E-state index in [1.165, 1.54) is 25.7 Å². The second-order valence-corrected chi connectivity index (χ2v) is 5.53. The van der Waals surface area contributed by atoms with Gasteiger partial charge in [-0.15, -0.1) is 0 Å². The highest BCUT2D eigenvalue weighted by Crippen LogP contribution is 2.27. The maximum Gasteiger partial charge on any atom is 0.253 e. The molecule has 1 saturated carbocycles. The Balaban J connectivity index is 2.06. The van der Waals surface area contributed by atoms with E-state index in [1.54, 1.807) is 31.1 Å². The molecule has 1 amide bonds. The van der Waals surface area contributed by atoms with Crippen molar-refractivity contribution in [3.63, 3.8) is 0 Å². The van der Waals surface area contributed by atoms with E-state index < -0.39 is 0 Å². The minimum absolute atomic E-state index is 0.00363. The molecule has 1 aliphatic rings. The largest absolute Gasteiger partial charge is 0.397 e. The molecule has 0 saturated heterocycles. The molecule has 104 valence electrons. The first-order valence-corrected chi connectivity index (χ1v) is 6.93. The maximum atomic E-state index is 11.9. The highest BCUT2D eigenvalue weighted by Gasteiger charge is 2.15. The smallest absolute Gasteiger partial charge is 0.253 e. The van der Waals surface area contributed by atoms with E-state index in [9.17, 15) is 4.79 Å². The molecular formula is C15H23N3O. The van der Waals surface area contributed by atoms with Gasteiger partial charge in [-0.1, -0.05) is 12.8 Å². The van der Waals surface area contributed by atoms with Gasteiger partial charge in [-0.3, -0.25) is 4.79 Å². The SMILES string of the molecule is CN(C)C(=O)c1ccc(N)c(NCC2CCCC2)c1. The first-order chi connectivity index (χ1) is 9.08. The summed E-state index contributed by atoms with van der Waals surface area (Å²) < 4.78 is 0. The van der Waals surface area contributed by atoms with Crippen molar-refractivity contribution in [2.45, 2.75) is 25.7 Å². The van der Waals surface area contributed by atoms with Crippen molar-refractivity contribution in [1.29, 1.82) is 0 Å². The Hall–Kier alpha value is -1.71. The van der Waals surface area contributed by atoms with Gasteiger partial charge in [0.25, 0.3) is 5.91 Å². The molecule has 4 heteroatoms. The summed E-state index contributed by atoms with van der Waals surface area (Å²) in [5.41, 5.74) is 8.21. The van der Waals surface area contributed by atoms with Crippen LogP contribution in [0.15, 0.2) is 18.2 Å². The zero-order valence-electron chi connectivity index (χ0n) is 11.8. The molecule has 1 aliphatic carbocycles. The van der Waals surface area contributed by atoms with Crippen LogP contribution in [-0.2, 0) is 0 Å². The van der Waals surface area contributed by atoms with E-state index in [0.29, 0.717) is 11.3 Å². The van der Waals surface area contributed by atoms with Crippen molar-refractivity contribution in [3.8, 4) is 0 Å². The van der Waals surface area contributed by atoms with Gasteiger partial charge in [-0.05, 0) is 37.0 Å². The van der Waals surface area contributed by atoms with E-state index in [1.807, 2.05) is 6.07 Å². The normalized spacial score (nSPS) is 15.5. The highest BCUT2D eigenvalue weighted by molar-refractivity contribution is 5.95. The number of hydrogen-bond acceptors (Lipinski definition) is 3. The quantitative estimate of drug-likeness (QED) is 0.819. The summed E-state index contributed by atoms with van der Waals surface area (Å²) in [6, 6.07) is 5.43. The number of amides is 1. The van der Waals surface area contributed by atoms with E-state index in [2.05, 4.69) is 5.32 Å². The minimum Gasteiger partial charge on any atom is -0.397 e. The van der Waals surface area contributed by atoms with Crippen molar-refractivity contribution < 1.29 is 4.79 Å². The van der Waals surface area contributed by atoms with Crippen LogP contribution in [0, 0.1) is 5.92 Å². The van der Waals surface area contributed by atoms with Crippen LogP contribution in [0.5, 0.6) is 0 Å². The first-order valence-electron chi connectivity index (χ1n) is 6.93. The summed E-state index contributed by atoms with van der Waals surface area (Å²) in [5.74, 6) is 0.747. The monoisotopic (exact) mass is 261 g/mol. The summed E-state index contributed by atoms with van der Waals surface area (Å²) in [4.78, 5) is 13.5. The highest BCUT2D eigenvalue weighted by atomic mass is 16.2. The van der Waals surface area contributed by atoms with Gasteiger partial charge in [0.05, 0.1) is 11.4 Å². The number of nitrogens with zero attached hydrogens (tertiary/aromatic N) is 1. The van der Waals surface area contributed by atoms with Gasteiger partial charge in [0.2, 0.25) is 0 Å². The van der Waals surface area contributed by atoms with E-state index in [4.69, 9.17) is 5.73 Å². The van der Waals surface area contributed by atoms with Gasteiger partial charge in [0.15, 0.2) is 0 Å². The summed E-state index contributed by atoms with van der Waals surface area (Å²) in [6.07, 6.45) is 5.26. The Labute approximate surface area is 115 Å². The lowest BCUT2D eigenvalue weighted by molar-refractivity contribution is 0.0827. The third-order valence-corrected chi connectivity index (χ3v) is 3.76. The molecule has 0 unspecified atom stereocenters. The molecule has 4 nitrogen and oxygen atoms in total. The number of rotatable bonds is 4. The number of carbonyl (C=O) groups excluding carboxylic acids is 1. The average Bonchev–Trinajstić information content (AvgIpc) is 2.90. The van der Waals surface area contributed by atoms with Gasteiger partial charge in [-0.2, -0.15) is 0 Å². The molecule has 1 fully saturated rings. The Kier molecular flexibility index (Phi) is 4.30. The van der Waals surface area contributed by atoms with Gasteiger partial charge < -0.3 is 16.0 Å². The minimum atomic E-state index is 0.00363. The fourth-order valence-electron chi connectivity index (χ4n) is 2.57. The number of nitrogens with one attached hydrogen (secondary N) is 1. The van der Waals surface area contributed by atoms with Gasteiger partial charge in [0.1, 0.15) is 0 Å². The molecule has 0 radical (unpaired) electrons. The van der Waals surface area contributed by atoms with Crippen molar-refractivity contribution in [2.75, 3.05) is 31.7 Å². The van der Waals surface area contributed by atoms with Crippen LogP contribution in [0.25, 0.3) is 0 Å². The van der Waals surface area contributed by atoms with Crippen molar-refractivity contribution >= 4 is 17.3 Å². The third-order valence-electron chi connectivity index (χ3n) is 3.76. The number of nitrogen functional groups attached to an aromatic ring is 1. The number of nitrogens with two attached hydrogens (primary N) is 1. The molecule has 0 aromatic heterocycles. The van der Waals surface area contributed by atoms with Gasteiger partial charge in [0, 0.05) is 26.2 Å². The molecule has 2 rings (SSSR count). The first kappa shape index (κ1) is 13.7. The molecule has 0 spiro atoms. The predicted molar refractivity (Wildman–Crippen MR) is 79.3 cm³/mol. The molecule has 0 aliphatic heterocycles. The molecule has 0 heterocycles. The Morgan fingerprint density at radius 3 is 2.68 bits per heavy atom. The Morgan fingerprint density at radius 2 is 2.05 bits per heavy atom. The topological polar surface area (TPSA) is 58.4 Å². The third kappa shape index (κ3) is 3.40. The number of carbonyl (C=O) groups is 1. The van der Waals surface area contributed by atoms with Gasteiger partial charge in [-0.25, -0.2) is 0 Å². The van der Waals surface area contributed by atoms with E-state index >= 15 is 0 Å². The van der Waals surface area contributed by atoms with Crippen molar-refractivity contribution in [3.05, 3.63) is 23.8 Å². The standard InChI is InChI=1S/C15H23N3O/c1-18(2)15(19)12-7-8-13(16)14(9-12)17-10-11-5-3-4-6-11/h7-9,11,17H,3-6,10,16H2,1-2H3. The summed E-state index contributed by atoms with van der Waals surface area (Å²) >= 11 is 0. The lowest BCUT2D eigenvalue weighted by atomic mass is 10.1. The van der Waals surface area contributed by atoms with Crippen LogP contribution in [0.4, 0.5) is 11.4 Å². The van der Waals surface area contributed by atoms with Gasteiger partial charge >= 0.3 is 0 Å². The summed E-state index contributed by atoms with van der Waals surface area (Å²) in [5, 5.41) is 3.39. The number of anilines is 2. The lowest BCUT2D eigenvalue weighted by Crippen LogP contribution is -2.22. The zero-order chi connectivity index (χ0) is 13.8. The number of benzene rings is 1. The van der Waals surface area contributed by atoms with Crippen molar-refractivity contribution in [2.24, 2.45) is 5.92 Å². The predicted octanol–water partition coefficient (Wildman–Crippen LogP) is 2.57. The fourth-order valence-corrected chi connectivity index (χ4v) is 2.57. The molecule has 0 atom stereocenters. The van der Waals surface area contributed by atoms with Crippen LogP contribution >= 0.6 is 0 Å². The van der Waals surface area contributed by atoms with Crippen LogP contribution in [0.2, 0.25) is 0 Å². The van der Waals surface area contributed by atoms with Crippen LogP contribution in [-0.4, -0.2) is 31.4 Å². The maximum absolute atomic E-state index is 11.9. The second kappa shape index (κ2) is 5.95. The number of hydrogen-bond donors (Lipinski definition) is 2. The van der Waals surface area contributed by atoms with Crippen LogP contribution in [0.1, 0.15) is 36.0 Å². The summed E-state index contributed by atoms with van der Waals surface area (Å²) in [7, 11) is 3.51. The van der Waals surface area contributed by atoms with E-state index in [-0.39, 0.29) is 5.91 Å². The van der Waals surface area contributed by atoms with Crippen LogP contribution in [0.3, 0.4) is 0 Å². The molecule has 3 N–H and O–H groups in total. The molecule has 1 aromatic carbocycles. The molecule has 1 aromatic rings. The lowest BCUT2D eigenvalue weighted by Gasteiger charge is -2.16. The Bertz CT molecular complexity index is 451. The molecule has 19 heavy (non-hydrogen) atoms. The zero-order valence-corrected chi connectivity index (χ0v) is 11.8. The van der Waals surface area contributed by atoms with Crippen LogP contribution < -0.4 is 11.1 Å². The van der Waals surface area contributed by atoms with Crippen molar-refractivity contribution in [1.82, 2.24) is 4.90 Å². The molecule has 0 bridgehead atoms.